The van der Waals surface area contributed by atoms with Gasteiger partial charge in [-0.3, -0.25) is 0 Å². The van der Waals surface area contributed by atoms with Crippen LogP contribution in [-0.2, 0) is 9.47 Å². The molecule has 2 heteroatoms. The Morgan fingerprint density at radius 3 is 1.33 bits per heavy atom. The Balaban J connectivity index is 2.81. The van der Waals surface area contributed by atoms with Crippen LogP contribution >= 0.6 is 0 Å². The van der Waals surface area contributed by atoms with Crippen LogP contribution in [0.25, 0.3) is 0 Å². The van der Waals surface area contributed by atoms with Crippen molar-refractivity contribution in [2.24, 2.45) is 0 Å². The molecular weight excluding hydrogens is 188 g/mol. The van der Waals surface area contributed by atoms with E-state index in [2.05, 4.69) is 13.8 Å². The minimum Gasteiger partial charge on any atom is -0.381 e. The molecular formula is C13H28O2. The fourth-order valence-corrected chi connectivity index (χ4v) is 1.28. The van der Waals surface area contributed by atoms with Crippen molar-refractivity contribution >= 4 is 0 Å². The van der Waals surface area contributed by atoms with E-state index in [0.717, 1.165) is 26.4 Å². The lowest BCUT2D eigenvalue weighted by molar-refractivity contribution is 0.112. The molecule has 0 unspecified atom stereocenters. The third kappa shape index (κ3) is 13.9. The summed E-state index contributed by atoms with van der Waals surface area (Å²) in [6, 6.07) is 0. The van der Waals surface area contributed by atoms with Crippen LogP contribution in [0.15, 0.2) is 0 Å². The van der Waals surface area contributed by atoms with Crippen LogP contribution in [0.3, 0.4) is 0 Å². The fourth-order valence-electron chi connectivity index (χ4n) is 1.28. The molecule has 15 heavy (non-hydrogen) atoms. The first-order valence-corrected chi connectivity index (χ1v) is 6.57. The predicted octanol–water partition coefficient (Wildman–Crippen LogP) is 3.79. The first-order chi connectivity index (χ1) is 7.41. The summed E-state index contributed by atoms with van der Waals surface area (Å²) in [7, 11) is 0. The van der Waals surface area contributed by atoms with Crippen molar-refractivity contribution in [3.63, 3.8) is 0 Å². The van der Waals surface area contributed by atoms with E-state index >= 15 is 0 Å². The van der Waals surface area contributed by atoms with Gasteiger partial charge >= 0.3 is 0 Å². The van der Waals surface area contributed by atoms with Gasteiger partial charge in [0, 0.05) is 26.4 Å². The highest BCUT2D eigenvalue weighted by Gasteiger charge is 1.91. The highest BCUT2D eigenvalue weighted by molar-refractivity contribution is 4.42. The zero-order valence-corrected chi connectivity index (χ0v) is 10.6. The molecule has 0 rings (SSSR count). The summed E-state index contributed by atoms with van der Waals surface area (Å²) in [6.07, 6.45) is 8.44. The quantitative estimate of drug-likeness (QED) is 0.462. The van der Waals surface area contributed by atoms with Crippen LogP contribution in [0, 0.1) is 0 Å². The zero-order chi connectivity index (χ0) is 11.2. The molecule has 0 aromatic heterocycles. The summed E-state index contributed by atoms with van der Waals surface area (Å²) in [5.74, 6) is 0. The molecule has 0 atom stereocenters. The summed E-state index contributed by atoms with van der Waals surface area (Å²) in [5.41, 5.74) is 0. The van der Waals surface area contributed by atoms with Crippen molar-refractivity contribution in [3.8, 4) is 0 Å². The van der Waals surface area contributed by atoms with Crippen LogP contribution in [0.5, 0.6) is 0 Å². The van der Waals surface area contributed by atoms with Crippen molar-refractivity contribution in [2.75, 3.05) is 26.4 Å². The van der Waals surface area contributed by atoms with Gasteiger partial charge in [-0.25, -0.2) is 0 Å². The molecule has 0 bridgehead atoms. The van der Waals surface area contributed by atoms with Gasteiger partial charge in [0.2, 0.25) is 0 Å². The number of hydrogen-bond donors (Lipinski definition) is 0. The first kappa shape index (κ1) is 14.9. The predicted molar refractivity (Wildman–Crippen MR) is 65.3 cm³/mol. The number of unbranched alkanes of at least 4 members (excludes halogenated alkanes) is 4. The van der Waals surface area contributed by atoms with Crippen LogP contribution in [0.2, 0.25) is 0 Å². The molecule has 2 nitrogen and oxygen atoms in total. The lowest BCUT2D eigenvalue weighted by Gasteiger charge is -2.04. The average Bonchev–Trinajstić information content (AvgIpc) is 2.26. The van der Waals surface area contributed by atoms with E-state index in [4.69, 9.17) is 9.47 Å². The second-order valence-electron chi connectivity index (χ2n) is 3.99. The number of ether oxygens (including phenoxy) is 2. The van der Waals surface area contributed by atoms with E-state index < -0.39 is 0 Å². The van der Waals surface area contributed by atoms with Crippen LogP contribution in [0.4, 0.5) is 0 Å². The van der Waals surface area contributed by atoms with E-state index in [1.807, 2.05) is 0 Å². The van der Waals surface area contributed by atoms with Gasteiger partial charge in [0.1, 0.15) is 0 Å². The average molecular weight is 216 g/mol. The largest absolute Gasteiger partial charge is 0.381 e. The van der Waals surface area contributed by atoms with Crippen LogP contribution in [0.1, 0.15) is 58.8 Å². The van der Waals surface area contributed by atoms with Gasteiger partial charge in [0.25, 0.3) is 0 Å². The Hall–Kier alpha value is -0.0800. The van der Waals surface area contributed by atoms with Crippen LogP contribution < -0.4 is 0 Å². The molecule has 0 aromatic rings. The topological polar surface area (TPSA) is 18.5 Å². The lowest BCUT2D eigenvalue weighted by Crippen LogP contribution is -1.99. The van der Waals surface area contributed by atoms with E-state index in [1.165, 1.54) is 44.9 Å². The Bertz CT molecular complexity index is 92.7. The lowest BCUT2D eigenvalue weighted by atomic mass is 10.2. The number of hydrogen-bond acceptors (Lipinski definition) is 2. The molecule has 0 heterocycles. The highest BCUT2D eigenvalue weighted by atomic mass is 16.5. The van der Waals surface area contributed by atoms with Crippen molar-refractivity contribution < 1.29 is 9.47 Å². The van der Waals surface area contributed by atoms with Gasteiger partial charge in [0.05, 0.1) is 0 Å². The van der Waals surface area contributed by atoms with Gasteiger partial charge in [0.15, 0.2) is 0 Å². The normalized spacial score (nSPS) is 10.8. The maximum Gasteiger partial charge on any atom is 0.0466 e. The maximum atomic E-state index is 5.48. The van der Waals surface area contributed by atoms with Gasteiger partial charge < -0.3 is 9.47 Å². The van der Waals surface area contributed by atoms with Gasteiger partial charge in [-0.1, -0.05) is 26.7 Å². The second kappa shape index (κ2) is 13.9. The molecule has 0 aliphatic rings. The second-order valence-corrected chi connectivity index (χ2v) is 3.99. The summed E-state index contributed by atoms with van der Waals surface area (Å²) in [4.78, 5) is 0. The van der Waals surface area contributed by atoms with Crippen molar-refractivity contribution in [1.82, 2.24) is 0 Å². The monoisotopic (exact) mass is 216 g/mol. The molecule has 0 saturated carbocycles. The van der Waals surface area contributed by atoms with Crippen molar-refractivity contribution in [3.05, 3.63) is 0 Å². The SMILES string of the molecule is CCCCOCCCCCOCCCC. The summed E-state index contributed by atoms with van der Waals surface area (Å²) in [5, 5.41) is 0. The van der Waals surface area contributed by atoms with E-state index in [0.29, 0.717) is 0 Å². The molecule has 0 aromatic carbocycles. The molecule has 0 amide bonds. The third-order valence-corrected chi connectivity index (χ3v) is 2.36. The standard InChI is InChI=1S/C13H28O2/c1-3-5-10-14-12-8-7-9-13-15-11-6-4-2/h3-13H2,1-2H3. The first-order valence-electron chi connectivity index (χ1n) is 6.57. The smallest absolute Gasteiger partial charge is 0.0466 e. The Morgan fingerprint density at radius 1 is 0.533 bits per heavy atom. The van der Waals surface area contributed by atoms with Crippen molar-refractivity contribution in [1.29, 1.82) is 0 Å². The fraction of sp³-hybridized carbons (Fsp3) is 1.00. The third-order valence-electron chi connectivity index (χ3n) is 2.36. The minimum atomic E-state index is 0.926. The molecule has 0 saturated heterocycles. The summed E-state index contributed by atoms with van der Waals surface area (Å²) >= 11 is 0. The zero-order valence-electron chi connectivity index (χ0n) is 10.6. The maximum absolute atomic E-state index is 5.48. The molecule has 0 aliphatic carbocycles. The molecule has 0 aliphatic heterocycles. The van der Waals surface area contributed by atoms with Gasteiger partial charge in [-0.2, -0.15) is 0 Å². The number of rotatable bonds is 12. The molecule has 0 fully saturated rings. The molecule has 92 valence electrons. The van der Waals surface area contributed by atoms with Crippen LogP contribution in [-0.4, -0.2) is 26.4 Å². The van der Waals surface area contributed by atoms with Crippen molar-refractivity contribution in [2.45, 2.75) is 58.8 Å². The van der Waals surface area contributed by atoms with E-state index in [-0.39, 0.29) is 0 Å². The molecule has 0 N–H and O–H groups in total. The summed E-state index contributed by atoms with van der Waals surface area (Å²) < 4.78 is 11.0. The minimum absolute atomic E-state index is 0.926. The molecule has 0 spiro atoms. The van der Waals surface area contributed by atoms with Gasteiger partial charge in [-0.05, 0) is 32.1 Å². The van der Waals surface area contributed by atoms with Gasteiger partial charge in [-0.15, -0.1) is 0 Å². The molecule has 0 radical (unpaired) electrons. The highest BCUT2D eigenvalue weighted by Crippen LogP contribution is 1.98. The Kier molecular flexibility index (Phi) is 13.8. The summed E-state index contributed by atoms with van der Waals surface area (Å²) in [6.45, 7) is 8.10. The Labute approximate surface area is 95.3 Å². The Morgan fingerprint density at radius 2 is 0.933 bits per heavy atom. The van der Waals surface area contributed by atoms with E-state index in [9.17, 15) is 0 Å². The van der Waals surface area contributed by atoms with E-state index in [1.54, 1.807) is 0 Å².